The normalized spacial score (nSPS) is 22.3. The van der Waals surface area contributed by atoms with Crippen molar-refractivity contribution < 1.29 is 4.79 Å². The number of nitrogens with one attached hydrogen (secondary N) is 1. The fourth-order valence-electron chi connectivity index (χ4n) is 6.39. The molecule has 2 aromatic rings. The summed E-state index contributed by atoms with van der Waals surface area (Å²) in [5.41, 5.74) is 8.56. The van der Waals surface area contributed by atoms with E-state index >= 15 is 0 Å². The molecule has 1 saturated carbocycles. The zero-order valence-corrected chi connectivity index (χ0v) is 21.3. The third kappa shape index (κ3) is 5.95. The fraction of sp³-hybridized carbons (Fsp3) is 0.469. The van der Waals surface area contributed by atoms with Gasteiger partial charge in [-0.05, 0) is 85.2 Å². The average Bonchev–Trinajstić information content (AvgIpc) is 3.05. The Morgan fingerprint density at radius 1 is 0.857 bits per heavy atom. The maximum Gasteiger partial charge on any atom is 0.217 e. The second-order valence-electron chi connectivity index (χ2n) is 10.7. The molecule has 3 heteroatoms. The topological polar surface area (TPSA) is 32.3 Å². The molecular weight excluding hydrogens is 428 g/mol. The highest BCUT2D eigenvalue weighted by molar-refractivity contribution is 5.94. The number of amides is 1. The van der Waals surface area contributed by atoms with E-state index in [1.165, 1.54) is 92.4 Å². The van der Waals surface area contributed by atoms with Crippen molar-refractivity contribution in [2.45, 2.75) is 70.8 Å². The monoisotopic (exact) mass is 468 g/mol. The number of rotatable bonds is 6. The van der Waals surface area contributed by atoms with E-state index in [-0.39, 0.29) is 5.91 Å². The standard InChI is InChI=1S/C32H40N2O/c1-24(35)33-29-17-13-25(14-18-29)8-6-7-21-34-22-19-28(20-23-34)32-30-11-4-2-9-26(30)15-16-27-10-3-5-12-31(27)32/h2-5,9-12,15-16,25,29H,6-8,13-14,17-23H2,1H3,(H,33,35). The second-order valence-corrected chi connectivity index (χ2v) is 10.7. The Hall–Kier alpha value is -2.65. The Morgan fingerprint density at radius 3 is 2.06 bits per heavy atom. The largest absolute Gasteiger partial charge is 0.354 e. The van der Waals surface area contributed by atoms with Gasteiger partial charge in [0.2, 0.25) is 5.91 Å². The van der Waals surface area contributed by atoms with Crippen LogP contribution in [0, 0.1) is 5.92 Å². The van der Waals surface area contributed by atoms with Crippen LogP contribution in [0.3, 0.4) is 0 Å². The first-order valence-electron chi connectivity index (χ1n) is 13.8. The minimum atomic E-state index is 0.123. The van der Waals surface area contributed by atoms with Gasteiger partial charge >= 0.3 is 0 Å². The fourth-order valence-corrected chi connectivity index (χ4v) is 6.39. The van der Waals surface area contributed by atoms with E-state index in [0.717, 1.165) is 18.8 Å². The smallest absolute Gasteiger partial charge is 0.217 e. The van der Waals surface area contributed by atoms with Crippen molar-refractivity contribution >= 4 is 23.6 Å². The molecule has 3 aliphatic rings. The van der Waals surface area contributed by atoms with Crippen LogP contribution in [0.25, 0.3) is 17.7 Å². The lowest BCUT2D eigenvalue weighted by atomic mass is 9.83. The third-order valence-electron chi connectivity index (χ3n) is 8.31. The van der Waals surface area contributed by atoms with Crippen molar-refractivity contribution in [3.8, 4) is 0 Å². The molecule has 0 spiro atoms. The van der Waals surface area contributed by atoms with Gasteiger partial charge in [-0.25, -0.2) is 0 Å². The Morgan fingerprint density at radius 2 is 1.46 bits per heavy atom. The lowest BCUT2D eigenvalue weighted by Gasteiger charge is -2.31. The van der Waals surface area contributed by atoms with Gasteiger partial charge in [0.05, 0.1) is 0 Å². The molecule has 0 atom stereocenters. The molecule has 1 N–H and O–H groups in total. The number of fused-ring (bicyclic) bond motifs is 2. The van der Waals surface area contributed by atoms with Crippen LogP contribution in [0.4, 0.5) is 0 Å². The number of carbonyl (C=O) groups is 1. The molecule has 0 aromatic heterocycles. The van der Waals surface area contributed by atoms with E-state index in [1.54, 1.807) is 12.5 Å². The summed E-state index contributed by atoms with van der Waals surface area (Å²) in [6.45, 7) is 5.23. The highest BCUT2D eigenvalue weighted by Gasteiger charge is 2.23. The van der Waals surface area contributed by atoms with Crippen LogP contribution in [-0.2, 0) is 4.79 Å². The number of hydrogen-bond acceptors (Lipinski definition) is 2. The zero-order chi connectivity index (χ0) is 24.0. The molecule has 0 unspecified atom stereocenters. The molecular formula is C32H40N2O. The van der Waals surface area contributed by atoms with Crippen LogP contribution in [-0.4, -0.2) is 36.5 Å². The second kappa shape index (κ2) is 11.4. The SMILES string of the molecule is CC(=O)NC1CCC(CCCCN2CCC(=C3c4ccccc4C=Cc4ccccc43)CC2)CC1. The summed E-state index contributed by atoms with van der Waals surface area (Å²) in [6, 6.07) is 18.2. The maximum absolute atomic E-state index is 11.3. The molecule has 0 bridgehead atoms. The van der Waals surface area contributed by atoms with Gasteiger partial charge < -0.3 is 10.2 Å². The van der Waals surface area contributed by atoms with Gasteiger partial charge in [-0.2, -0.15) is 0 Å². The van der Waals surface area contributed by atoms with Crippen LogP contribution in [0.2, 0.25) is 0 Å². The van der Waals surface area contributed by atoms with Gasteiger partial charge in [0, 0.05) is 26.1 Å². The van der Waals surface area contributed by atoms with E-state index in [2.05, 4.69) is 70.9 Å². The number of carbonyl (C=O) groups excluding carboxylic acids is 1. The first-order valence-corrected chi connectivity index (χ1v) is 13.8. The summed E-state index contributed by atoms with van der Waals surface area (Å²) < 4.78 is 0. The predicted octanol–water partition coefficient (Wildman–Crippen LogP) is 6.93. The molecule has 1 heterocycles. The minimum Gasteiger partial charge on any atom is -0.354 e. The summed E-state index contributed by atoms with van der Waals surface area (Å²) in [6.07, 6.45) is 15.8. The lowest BCUT2D eigenvalue weighted by Crippen LogP contribution is -2.36. The zero-order valence-electron chi connectivity index (χ0n) is 21.3. The molecule has 2 aromatic carbocycles. The first-order chi connectivity index (χ1) is 17.2. The molecule has 1 amide bonds. The average molecular weight is 469 g/mol. The van der Waals surface area contributed by atoms with Gasteiger partial charge in [-0.1, -0.05) is 79.1 Å². The van der Waals surface area contributed by atoms with E-state index in [4.69, 9.17) is 0 Å². The molecule has 5 rings (SSSR count). The molecule has 3 nitrogen and oxygen atoms in total. The predicted molar refractivity (Wildman–Crippen MR) is 147 cm³/mol. The summed E-state index contributed by atoms with van der Waals surface area (Å²) in [7, 11) is 0. The minimum absolute atomic E-state index is 0.123. The summed E-state index contributed by atoms with van der Waals surface area (Å²) in [4.78, 5) is 14.0. The molecule has 0 radical (unpaired) electrons. The Bertz CT molecular complexity index is 1030. The number of hydrogen-bond donors (Lipinski definition) is 1. The van der Waals surface area contributed by atoms with Gasteiger partial charge in [0.15, 0.2) is 0 Å². The molecule has 1 saturated heterocycles. The number of unbranched alkanes of at least 4 members (excludes halogenated alkanes) is 1. The molecule has 2 fully saturated rings. The number of piperidine rings is 1. The Kier molecular flexibility index (Phi) is 7.83. The summed E-state index contributed by atoms with van der Waals surface area (Å²) in [5.74, 6) is 0.986. The highest BCUT2D eigenvalue weighted by Crippen LogP contribution is 2.38. The number of nitrogens with zero attached hydrogens (tertiary/aromatic N) is 1. The number of benzene rings is 2. The van der Waals surface area contributed by atoms with Crippen molar-refractivity contribution in [2.75, 3.05) is 19.6 Å². The van der Waals surface area contributed by atoms with Gasteiger partial charge in [0.25, 0.3) is 0 Å². The molecule has 35 heavy (non-hydrogen) atoms. The van der Waals surface area contributed by atoms with Crippen molar-refractivity contribution in [2.24, 2.45) is 5.92 Å². The highest BCUT2D eigenvalue weighted by atomic mass is 16.1. The van der Waals surface area contributed by atoms with Gasteiger partial charge in [0.1, 0.15) is 0 Å². The van der Waals surface area contributed by atoms with E-state index in [9.17, 15) is 4.79 Å². The first kappa shape index (κ1) is 24.1. The van der Waals surface area contributed by atoms with Crippen molar-refractivity contribution in [3.63, 3.8) is 0 Å². The van der Waals surface area contributed by atoms with Crippen LogP contribution >= 0.6 is 0 Å². The van der Waals surface area contributed by atoms with E-state index < -0.39 is 0 Å². The van der Waals surface area contributed by atoms with E-state index in [1.807, 2.05) is 0 Å². The van der Waals surface area contributed by atoms with Gasteiger partial charge in [-0.15, -0.1) is 0 Å². The summed E-state index contributed by atoms with van der Waals surface area (Å²) >= 11 is 0. The van der Waals surface area contributed by atoms with Gasteiger partial charge in [-0.3, -0.25) is 4.79 Å². The summed E-state index contributed by atoms with van der Waals surface area (Å²) in [5, 5.41) is 3.10. The van der Waals surface area contributed by atoms with Crippen LogP contribution < -0.4 is 5.32 Å². The van der Waals surface area contributed by atoms with Crippen molar-refractivity contribution in [1.82, 2.24) is 10.2 Å². The van der Waals surface area contributed by atoms with Crippen molar-refractivity contribution in [1.29, 1.82) is 0 Å². The Balaban J connectivity index is 1.14. The van der Waals surface area contributed by atoms with Crippen LogP contribution in [0.5, 0.6) is 0 Å². The molecule has 1 aliphatic heterocycles. The quantitative estimate of drug-likeness (QED) is 0.398. The Labute approximate surface area is 211 Å². The van der Waals surface area contributed by atoms with Crippen LogP contribution in [0.15, 0.2) is 54.1 Å². The molecule has 2 aliphatic carbocycles. The third-order valence-corrected chi connectivity index (χ3v) is 8.31. The van der Waals surface area contributed by atoms with E-state index in [0.29, 0.717) is 6.04 Å². The van der Waals surface area contributed by atoms with Crippen LogP contribution in [0.1, 0.15) is 87.0 Å². The number of likely N-dealkylation sites (tertiary alicyclic amines) is 1. The van der Waals surface area contributed by atoms with Crippen molar-refractivity contribution in [3.05, 3.63) is 76.4 Å². The molecule has 184 valence electrons. The lowest BCUT2D eigenvalue weighted by molar-refractivity contribution is -0.119. The maximum atomic E-state index is 11.3.